The fourth-order valence-corrected chi connectivity index (χ4v) is 1.84. The predicted octanol–water partition coefficient (Wildman–Crippen LogP) is 1.39. The molecule has 0 aliphatic carbocycles. The number of rotatable bonds is 1. The lowest BCUT2D eigenvalue weighted by molar-refractivity contribution is -0.127. The maximum Gasteiger partial charge on any atom is 0.222 e. The Labute approximate surface area is 86.9 Å². The molecule has 3 nitrogen and oxygen atoms in total. The zero-order valence-corrected chi connectivity index (χ0v) is 9.22. The third-order valence-corrected chi connectivity index (χ3v) is 2.76. The number of carbonyl (C=O) groups is 1. The van der Waals surface area contributed by atoms with E-state index in [1.54, 1.807) is 0 Å². The van der Waals surface area contributed by atoms with Gasteiger partial charge in [0.25, 0.3) is 0 Å². The van der Waals surface area contributed by atoms with Crippen molar-refractivity contribution in [3.63, 3.8) is 0 Å². The van der Waals surface area contributed by atoms with Gasteiger partial charge < -0.3 is 10.2 Å². The molecule has 2 heterocycles. The Morgan fingerprint density at radius 2 is 1.93 bits per heavy atom. The van der Waals surface area contributed by atoms with Crippen LogP contribution in [0.2, 0.25) is 0 Å². The van der Waals surface area contributed by atoms with Crippen LogP contribution in [0, 0.1) is 0 Å². The van der Waals surface area contributed by atoms with Crippen molar-refractivity contribution < 1.29 is 4.79 Å². The summed E-state index contributed by atoms with van der Waals surface area (Å²) < 4.78 is 0. The largest absolute Gasteiger partial charge is 0.343 e. The zero-order chi connectivity index (χ0) is 10.2. The molecular weight excluding hydrogens is 176 g/mol. The number of carbonyl (C=O) groups excluding carboxylic acids is 1. The van der Waals surface area contributed by atoms with Gasteiger partial charge >= 0.3 is 0 Å². The highest BCUT2D eigenvalue weighted by Crippen LogP contribution is 2.07. The maximum absolute atomic E-state index is 10.7. The normalized spacial score (nSPS) is 21.8. The minimum atomic E-state index is 0.326. The van der Waals surface area contributed by atoms with Gasteiger partial charge in [-0.25, -0.2) is 0 Å². The summed E-state index contributed by atoms with van der Waals surface area (Å²) in [5.74, 6) is 0.326. The molecule has 0 aromatic carbocycles. The van der Waals surface area contributed by atoms with E-state index in [9.17, 15) is 4.79 Å². The van der Waals surface area contributed by atoms with Crippen molar-refractivity contribution in [3.05, 3.63) is 0 Å². The fourth-order valence-electron chi connectivity index (χ4n) is 1.84. The minimum Gasteiger partial charge on any atom is -0.343 e. The smallest absolute Gasteiger partial charge is 0.222 e. The second-order valence-electron chi connectivity index (χ2n) is 3.89. The van der Waals surface area contributed by atoms with Crippen molar-refractivity contribution in [1.29, 1.82) is 0 Å². The molecule has 0 aromatic rings. The maximum atomic E-state index is 10.7. The Kier molecular flexibility index (Phi) is 5.60. The lowest BCUT2D eigenvalue weighted by Crippen LogP contribution is -2.23. The molecule has 14 heavy (non-hydrogen) atoms. The summed E-state index contributed by atoms with van der Waals surface area (Å²) in [6.45, 7) is 6.39. The minimum absolute atomic E-state index is 0.326. The molecule has 0 unspecified atom stereocenters. The van der Waals surface area contributed by atoms with Crippen molar-refractivity contribution >= 4 is 5.91 Å². The van der Waals surface area contributed by atoms with Crippen molar-refractivity contribution in [1.82, 2.24) is 10.2 Å². The molecular formula is C11H22N2O. The van der Waals surface area contributed by atoms with Crippen LogP contribution in [0.3, 0.4) is 0 Å². The summed E-state index contributed by atoms with van der Waals surface area (Å²) in [6, 6.07) is 0. The average molecular weight is 198 g/mol. The van der Waals surface area contributed by atoms with Crippen LogP contribution in [0.4, 0.5) is 0 Å². The van der Waals surface area contributed by atoms with E-state index in [2.05, 4.69) is 5.32 Å². The highest BCUT2D eigenvalue weighted by molar-refractivity contribution is 5.77. The molecule has 0 spiro atoms. The van der Waals surface area contributed by atoms with Crippen LogP contribution in [0.25, 0.3) is 0 Å². The highest BCUT2D eigenvalue weighted by Gasteiger charge is 2.16. The summed E-state index contributed by atoms with van der Waals surface area (Å²) in [5, 5.41) is 3.28. The molecule has 2 saturated heterocycles. The molecule has 82 valence electrons. The van der Waals surface area contributed by atoms with Crippen LogP contribution in [0.5, 0.6) is 0 Å². The molecule has 3 heteroatoms. The first-order chi connectivity index (χ1) is 6.84. The van der Waals surface area contributed by atoms with Gasteiger partial charge in [0.15, 0.2) is 0 Å². The molecule has 2 aliphatic heterocycles. The van der Waals surface area contributed by atoms with E-state index < -0.39 is 0 Å². The molecule has 2 rings (SSSR count). The SMILES string of the molecule is C1CCNCC1.CCN1CCCC1=O. The number of amides is 1. The van der Waals surface area contributed by atoms with Gasteiger partial charge in [0, 0.05) is 19.5 Å². The average Bonchev–Trinajstić information content (AvgIpc) is 2.67. The van der Waals surface area contributed by atoms with E-state index >= 15 is 0 Å². The predicted molar refractivity (Wildman–Crippen MR) is 58.2 cm³/mol. The second kappa shape index (κ2) is 6.82. The van der Waals surface area contributed by atoms with Gasteiger partial charge in [0.05, 0.1) is 0 Å². The van der Waals surface area contributed by atoms with Crippen LogP contribution in [0.1, 0.15) is 39.0 Å². The topological polar surface area (TPSA) is 32.3 Å². The Morgan fingerprint density at radius 3 is 2.14 bits per heavy atom. The lowest BCUT2D eigenvalue weighted by Gasteiger charge is -2.10. The van der Waals surface area contributed by atoms with Gasteiger partial charge in [0.2, 0.25) is 5.91 Å². The molecule has 2 fully saturated rings. The first-order valence-corrected chi connectivity index (χ1v) is 5.83. The lowest BCUT2D eigenvalue weighted by atomic mass is 10.2. The third-order valence-electron chi connectivity index (χ3n) is 2.76. The summed E-state index contributed by atoms with van der Waals surface area (Å²) in [4.78, 5) is 12.6. The fraction of sp³-hybridized carbons (Fsp3) is 0.909. The number of likely N-dealkylation sites (tertiary alicyclic amines) is 1. The standard InChI is InChI=1S/C6H11NO.C5H11N/c1-2-7-5-3-4-6(7)8;1-2-4-6-5-3-1/h2-5H2,1H3;6H,1-5H2. The van der Waals surface area contributed by atoms with Gasteiger partial charge in [0.1, 0.15) is 0 Å². The van der Waals surface area contributed by atoms with E-state index in [1.165, 1.54) is 32.4 Å². The van der Waals surface area contributed by atoms with E-state index in [4.69, 9.17) is 0 Å². The Morgan fingerprint density at radius 1 is 1.21 bits per heavy atom. The number of nitrogens with zero attached hydrogens (tertiary/aromatic N) is 1. The van der Waals surface area contributed by atoms with Crippen molar-refractivity contribution in [3.8, 4) is 0 Å². The van der Waals surface area contributed by atoms with E-state index in [1.807, 2.05) is 11.8 Å². The van der Waals surface area contributed by atoms with E-state index in [-0.39, 0.29) is 0 Å². The van der Waals surface area contributed by atoms with Crippen LogP contribution in [0.15, 0.2) is 0 Å². The van der Waals surface area contributed by atoms with Crippen LogP contribution >= 0.6 is 0 Å². The monoisotopic (exact) mass is 198 g/mol. The molecule has 0 radical (unpaired) electrons. The van der Waals surface area contributed by atoms with Gasteiger partial charge in [-0.15, -0.1) is 0 Å². The third kappa shape index (κ3) is 4.09. The quantitative estimate of drug-likeness (QED) is 0.690. The van der Waals surface area contributed by atoms with Crippen LogP contribution < -0.4 is 5.32 Å². The zero-order valence-electron chi connectivity index (χ0n) is 9.22. The van der Waals surface area contributed by atoms with Gasteiger partial charge in [-0.05, 0) is 39.3 Å². The van der Waals surface area contributed by atoms with Gasteiger partial charge in [-0.3, -0.25) is 4.79 Å². The van der Waals surface area contributed by atoms with Crippen LogP contribution in [-0.4, -0.2) is 37.0 Å². The number of hydrogen-bond donors (Lipinski definition) is 1. The number of piperidine rings is 1. The van der Waals surface area contributed by atoms with Gasteiger partial charge in [-0.1, -0.05) is 6.42 Å². The first kappa shape index (κ1) is 11.5. The van der Waals surface area contributed by atoms with Crippen molar-refractivity contribution in [2.75, 3.05) is 26.2 Å². The number of nitrogens with one attached hydrogen (secondary N) is 1. The summed E-state index contributed by atoms with van der Waals surface area (Å²) in [7, 11) is 0. The second-order valence-corrected chi connectivity index (χ2v) is 3.89. The Hall–Kier alpha value is -0.570. The van der Waals surface area contributed by atoms with E-state index in [0.29, 0.717) is 5.91 Å². The molecule has 0 saturated carbocycles. The Bertz CT molecular complexity index is 155. The van der Waals surface area contributed by atoms with Crippen molar-refractivity contribution in [2.45, 2.75) is 39.0 Å². The van der Waals surface area contributed by atoms with Crippen LogP contribution in [-0.2, 0) is 4.79 Å². The molecule has 2 aliphatic rings. The highest BCUT2D eigenvalue weighted by atomic mass is 16.2. The summed E-state index contributed by atoms with van der Waals surface area (Å²) in [5.41, 5.74) is 0. The van der Waals surface area contributed by atoms with E-state index in [0.717, 1.165) is 25.9 Å². The van der Waals surface area contributed by atoms with Gasteiger partial charge in [-0.2, -0.15) is 0 Å². The molecule has 0 atom stereocenters. The summed E-state index contributed by atoms with van der Waals surface area (Å²) >= 11 is 0. The molecule has 0 aromatic heterocycles. The molecule has 1 amide bonds. The first-order valence-electron chi connectivity index (χ1n) is 5.83. The summed E-state index contributed by atoms with van der Waals surface area (Å²) in [6.07, 6.45) is 6.05. The number of hydrogen-bond acceptors (Lipinski definition) is 2. The molecule has 0 bridgehead atoms. The Balaban J connectivity index is 0.000000146. The molecule has 1 N–H and O–H groups in total. The van der Waals surface area contributed by atoms with Crippen molar-refractivity contribution in [2.24, 2.45) is 0 Å².